The molecule has 1 fully saturated rings. The number of likely N-dealkylation sites (tertiary alicyclic amines) is 1. The number of imidazole rings is 1. The number of H-pyrrole nitrogens is 1. The fourth-order valence-electron chi connectivity index (χ4n) is 4.43. The summed E-state index contributed by atoms with van der Waals surface area (Å²) in [5.74, 6) is -2.42. The molecule has 0 aliphatic carbocycles. The smallest absolute Gasteiger partial charge is 0.295 e. The van der Waals surface area contributed by atoms with Crippen LogP contribution in [0.4, 0.5) is 5.69 Å². The first kappa shape index (κ1) is 22.0. The standard InChI is InChI=1S/C25H19N5O5/c1-15-21(28-11-3-2-9-19(28)27-15)23(31)20-22(17-7-4-8-18(12-17)30(34)35)29(25(33)24(20)32)14-16-6-5-10-26-13-16/h2-13,22,31H,14H2,1H3. The van der Waals surface area contributed by atoms with Gasteiger partial charge in [0.15, 0.2) is 12.4 Å². The van der Waals surface area contributed by atoms with Gasteiger partial charge < -0.3 is 14.4 Å². The van der Waals surface area contributed by atoms with Gasteiger partial charge in [0, 0.05) is 35.5 Å². The van der Waals surface area contributed by atoms with E-state index in [1.165, 1.54) is 23.1 Å². The number of aromatic amines is 1. The molecule has 0 bridgehead atoms. The Hall–Kier alpha value is -4.86. The lowest BCUT2D eigenvalue weighted by molar-refractivity contribution is -0.385. The number of nitro benzene ring substituents is 1. The van der Waals surface area contributed by atoms with Gasteiger partial charge in [-0.3, -0.25) is 19.7 Å². The lowest BCUT2D eigenvalue weighted by atomic mass is 9.95. The van der Waals surface area contributed by atoms with Crippen LogP contribution in [0.2, 0.25) is 0 Å². The molecule has 0 spiro atoms. The second-order valence-electron chi connectivity index (χ2n) is 8.15. The highest BCUT2D eigenvalue weighted by Crippen LogP contribution is 2.40. The number of aromatic nitrogens is 3. The predicted molar refractivity (Wildman–Crippen MR) is 121 cm³/mol. The Kier molecular flexibility index (Phi) is 5.33. The third-order valence-electron chi connectivity index (χ3n) is 5.97. The lowest BCUT2D eigenvalue weighted by Gasteiger charge is -2.27. The van der Waals surface area contributed by atoms with E-state index < -0.39 is 28.4 Å². The molecule has 0 radical (unpaired) electrons. The quantitative estimate of drug-likeness (QED) is 0.144. The molecule has 1 aromatic carbocycles. The SMILES string of the molecule is Cc1nc2ccccn2c1C([O-])=C1C(=O)C(=O)N(Cc2ccc[nH+]c2)C1c1cccc([N+](=O)[O-])c1. The number of nitrogens with one attached hydrogen (secondary N) is 1. The molecule has 1 amide bonds. The van der Waals surface area contributed by atoms with E-state index >= 15 is 0 Å². The Morgan fingerprint density at radius 1 is 1.14 bits per heavy atom. The van der Waals surface area contributed by atoms with Crippen LogP contribution in [0.1, 0.15) is 28.6 Å². The summed E-state index contributed by atoms with van der Waals surface area (Å²) in [6, 6.07) is 13.3. The van der Waals surface area contributed by atoms with Gasteiger partial charge in [0.2, 0.25) is 5.78 Å². The third-order valence-corrected chi connectivity index (χ3v) is 5.97. The first-order valence-corrected chi connectivity index (χ1v) is 10.8. The molecule has 4 aromatic rings. The van der Waals surface area contributed by atoms with Gasteiger partial charge in [-0.1, -0.05) is 24.0 Å². The van der Waals surface area contributed by atoms with E-state index in [4.69, 9.17) is 0 Å². The van der Waals surface area contributed by atoms with Gasteiger partial charge in [-0.05, 0) is 30.7 Å². The van der Waals surface area contributed by atoms with E-state index in [-0.39, 0.29) is 23.5 Å². The van der Waals surface area contributed by atoms with Crippen LogP contribution in [0.15, 0.2) is 78.8 Å². The summed E-state index contributed by atoms with van der Waals surface area (Å²) in [7, 11) is 0. The van der Waals surface area contributed by atoms with E-state index in [2.05, 4.69) is 9.97 Å². The van der Waals surface area contributed by atoms with Gasteiger partial charge in [-0.2, -0.15) is 0 Å². The van der Waals surface area contributed by atoms with Gasteiger partial charge in [0.25, 0.3) is 11.6 Å². The molecule has 1 atom stereocenters. The number of non-ortho nitro benzene ring substituents is 1. The molecule has 5 rings (SSSR count). The third kappa shape index (κ3) is 3.70. The Balaban J connectivity index is 1.74. The van der Waals surface area contributed by atoms with Crippen molar-refractivity contribution >= 4 is 28.8 Å². The summed E-state index contributed by atoms with van der Waals surface area (Å²) in [6.07, 6.45) is 5.04. The first-order valence-electron chi connectivity index (χ1n) is 10.8. The molecule has 10 nitrogen and oxygen atoms in total. The van der Waals surface area contributed by atoms with Gasteiger partial charge in [0.05, 0.1) is 28.9 Å². The van der Waals surface area contributed by atoms with Crippen LogP contribution in [0.3, 0.4) is 0 Å². The number of aryl methyl sites for hydroxylation is 1. The number of rotatable bonds is 5. The molecule has 0 saturated carbocycles. The maximum atomic E-state index is 13.9. The zero-order valence-electron chi connectivity index (χ0n) is 18.5. The van der Waals surface area contributed by atoms with Crippen LogP contribution in [-0.4, -0.2) is 30.9 Å². The minimum Gasteiger partial charge on any atom is -0.871 e. The number of nitro groups is 1. The highest BCUT2D eigenvalue weighted by molar-refractivity contribution is 6.46. The number of amides is 1. The topological polar surface area (TPSA) is 135 Å². The fraction of sp³-hybridized carbons (Fsp3) is 0.120. The molecular formula is C25H19N5O5. The molecule has 1 N–H and O–H groups in total. The zero-order valence-corrected chi connectivity index (χ0v) is 18.5. The fourth-order valence-corrected chi connectivity index (χ4v) is 4.43. The Bertz CT molecular complexity index is 1530. The van der Waals surface area contributed by atoms with Crippen molar-refractivity contribution in [2.75, 3.05) is 0 Å². The molecule has 1 aliphatic heterocycles. The van der Waals surface area contributed by atoms with Crippen molar-refractivity contribution in [3.63, 3.8) is 0 Å². The second-order valence-corrected chi connectivity index (χ2v) is 8.15. The summed E-state index contributed by atoms with van der Waals surface area (Å²) < 4.78 is 1.57. The monoisotopic (exact) mass is 469 g/mol. The number of carbonyl (C=O) groups excluding carboxylic acids is 2. The van der Waals surface area contributed by atoms with Crippen LogP contribution in [-0.2, 0) is 16.1 Å². The molecule has 174 valence electrons. The maximum Gasteiger partial charge on any atom is 0.295 e. The normalized spacial score (nSPS) is 17.3. The van der Waals surface area contributed by atoms with Crippen molar-refractivity contribution in [1.29, 1.82) is 0 Å². The van der Waals surface area contributed by atoms with Crippen LogP contribution < -0.4 is 10.1 Å². The number of pyridine rings is 2. The predicted octanol–water partition coefficient (Wildman–Crippen LogP) is 1.79. The van der Waals surface area contributed by atoms with Crippen molar-refractivity contribution in [2.24, 2.45) is 0 Å². The van der Waals surface area contributed by atoms with E-state index in [0.717, 1.165) is 0 Å². The van der Waals surface area contributed by atoms with Gasteiger partial charge >= 0.3 is 0 Å². The number of carbonyl (C=O) groups is 2. The maximum absolute atomic E-state index is 13.9. The van der Waals surface area contributed by atoms with E-state index in [9.17, 15) is 24.8 Å². The summed E-state index contributed by atoms with van der Waals surface area (Å²) in [4.78, 5) is 45.9. The number of nitrogens with zero attached hydrogens (tertiary/aromatic N) is 4. The minimum atomic E-state index is -1.10. The Labute approximate surface area is 198 Å². The zero-order chi connectivity index (χ0) is 24.7. The summed E-state index contributed by atoms with van der Waals surface area (Å²) in [5.41, 5.74) is 1.63. The van der Waals surface area contributed by atoms with Crippen LogP contribution in [0, 0.1) is 17.0 Å². The second kappa shape index (κ2) is 8.49. The van der Waals surface area contributed by atoms with E-state index in [0.29, 0.717) is 22.5 Å². The van der Waals surface area contributed by atoms with Crippen molar-refractivity contribution < 1.29 is 24.6 Å². The van der Waals surface area contributed by atoms with E-state index in [1.807, 2.05) is 0 Å². The molecular weight excluding hydrogens is 450 g/mol. The molecule has 1 unspecified atom stereocenters. The summed E-state index contributed by atoms with van der Waals surface area (Å²) >= 11 is 0. The summed E-state index contributed by atoms with van der Waals surface area (Å²) in [5, 5.41) is 25.3. The van der Waals surface area contributed by atoms with Gasteiger partial charge in [0.1, 0.15) is 5.65 Å². The average Bonchev–Trinajstić information content (AvgIpc) is 3.32. The van der Waals surface area contributed by atoms with Gasteiger partial charge in [-0.25, -0.2) is 9.97 Å². The minimum absolute atomic E-state index is 0.0260. The molecule has 1 aliphatic rings. The number of benzene rings is 1. The number of fused-ring (bicyclic) bond motifs is 1. The first-order chi connectivity index (χ1) is 16.9. The summed E-state index contributed by atoms with van der Waals surface area (Å²) in [6.45, 7) is 1.68. The van der Waals surface area contributed by atoms with Crippen molar-refractivity contribution in [1.82, 2.24) is 14.3 Å². The van der Waals surface area contributed by atoms with Crippen molar-refractivity contribution in [2.45, 2.75) is 19.5 Å². The number of ketones is 1. The van der Waals surface area contributed by atoms with Crippen molar-refractivity contribution in [3.8, 4) is 0 Å². The van der Waals surface area contributed by atoms with Crippen LogP contribution in [0.25, 0.3) is 11.4 Å². The van der Waals surface area contributed by atoms with Crippen molar-refractivity contribution in [3.05, 3.63) is 111 Å². The Morgan fingerprint density at radius 2 is 1.97 bits per heavy atom. The molecule has 3 aromatic heterocycles. The highest BCUT2D eigenvalue weighted by Gasteiger charge is 2.45. The Morgan fingerprint density at radius 3 is 2.71 bits per heavy atom. The lowest BCUT2D eigenvalue weighted by Crippen LogP contribution is -2.29. The highest BCUT2D eigenvalue weighted by atomic mass is 16.6. The number of hydrogen-bond acceptors (Lipinski definition) is 6. The van der Waals surface area contributed by atoms with Gasteiger partial charge in [-0.15, -0.1) is 0 Å². The molecule has 1 saturated heterocycles. The molecule has 10 heteroatoms. The number of hydrogen-bond donors (Lipinski definition) is 0. The van der Waals surface area contributed by atoms with E-state index in [1.54, 1.807) is 66.3 Å². The largest absolute Gasteiger partial charge is 0.871 e. The van der Waals surface area contributed by atoms with Crippen LogP contribution >= 0.6 is 0 Å². The average molecular weight is 469 g/mol. The molecule has 4 heterocycles. The number of Topliss-reactive ketones (excluding diaryl/α,β-unsaturated/α-hetero) is 1. The molecule has 35 heavy (non-hydrogen) atoms. The van der Waals surface area contributed by atoms with Crippen LogP contribution in [0.5, 0.6) is 0 Å².